The number of anilines is 2. The second-order valence-electron chi connectivity index (χ2n) is 4.33. The zero-order valence-electron chi connectivity index (χ0n) is 8.73. The number of rotatable bonds is 2. The number of nitrogens with zero attached hydrogens (tertiary/aromatic N) is 2. The van der Waals surface area contributed by atoms with Gasteiger partial charge in [0.25, 0.3) is 0 Å². The van der Waals surface area contributed by atoms with Crippen molar-refractivity contribution in [2.24, 2.45) is 11.8 Å². The number of aromatic nitrogens is 1. The van der Waals surface area contributed by atoms with E-state index in [9.17, 15) is 0 Å². The zero-order valence-corrected chi connectivity index (χ0v) is 9.55. The summed E-state index contributed by atoms with van der Waals surface area (Å²) in [6.07, 6.45) is 1.30. The van der Waals surface area contributed by atoms with Crippen LogP contribution >= 0.6 is 11.5 Å². The second kappa shape index (κ2) is 3.77. The number of hydrogen-bond donors (Lipinski definition) is 1. The van der Waals surface area contributed by atoms with E-state index in [4.69, 9.17) is 5.73 Å². The summed E-state index contributed by atoms with van der Waals surface area (Å²) >= 11 is 1.51. The third kappa shape index (κ3) is 1.85. The van der Waals surface area contributed by atoms with Crippen molar-refractivity contribution in [3.05, 3.63) is 6.07 Å². The first kappa shape index (κ1) is 9.77. The largest absolute Gasteiger partial charge is 0.383 e. The minimum atomic E-state index is 0.651. The van der Waals surface area contributed by atoms with Crippen LogP contribution in [0.3, 0.4) is 0 Å². The Morgan fingerprint density at radius 3 is 2.93 bits per heavy atom. The summed E-state index contributed by atoms with van der Waals surface area (Å²) in [7, 11) is 0. The minimum absolute atomic E-state index is 0.651. The van der Waals surface area contributed by atoms with E-state index in [1.165, 1.54) is 29.5 Å². The van der Waals surface area contributed by atoms with Crippen molar-refractivity contribution < 1.29 is 0 Å². The van der Waals surface area contributed by atoms with Gasteiger partial charge in [-0.15, -0.1) is 0 Å². The van der Waals surface area contributed by atoms with E-state index in [0.717, 1.165) is 18.4 Å². The first-order chi connectivity index (χ1) is 6.66. The van der Waals surface area contributed by atoms with E-state index in [1.54, 1.807) is 0 Å². The highest BCUT2D eigenvalue weighted by atomic mass is 32.1. The van der Waals surface area contributed by atoms with Gasteiger partial charge < -0.3 is 10.6 Å². The van der Waals surface area contributed by atoms with Gasteiger partial charge in [0, 0.05) is 19.2 Å². The molecule has 4 heteroatoms. The molecular weight excluding hydrogens is 194 g/mol. The van der Waals surface area contributed by atoms with Crippen LogP contribution in [-0.2, 0) is 0 Å². The van der Waals surface area contributed by atoms with Gasteiger partial charge in [-0.3, -0.25) is 0 Å². The van der Waals surface area contributed by atoms with E-state index in [-0.39, 0.29) is 0 Å². The molecule has 1 atom stereocenters. The molecule has 1 unspecified atom stereocenters. The van der Waals surface area contributed by atoms with Gasteiger partial charge in [-0.1, -0.05) is 13.8 Å². The molecule has 1 aliphatic heterocycles. The molecule has 1 aromatic rings. The van der Waals surface area contributed by atoms with Crippen molar-refractivity contribution in [1.82, 2.24) is 4.37 Å². The summed E-state index contributed by atoms with van der Waals surface area (Å²) in [6.45, 7) is 6.92. The van der Waals surface area contributed by atoms with Gasteiger partial charge >= 0.3 is 0 Å². The fraction of sp³-hybridized carbons (Fsp3) is 0.700. The molecule has 3 nitrogen and oxygen atoms in total. The van der Waals surface area contributed by atoms with Gasteiger partial charge in [0.2, 0.25) is 0 Å². The maximum atomic E-state index is 5.61. The summed E-state index contributed by atoms with van der Waals surface area (Å²) in [6, 6.07) is 1.98. The van der Waals surface area contributed by atoms with E-state index in [2.05, 4.69) is 23.1 Å². The average Bonchev–Trinajstić information content (AvgIpc) is 2.70. The predicted molar refractivity (Wildman–Crippen MR) is 61.7 cm³/mol. The standard InChI is InChI=1S/C10H17N3S/c1-7(2)8-3-4-13(6-8)10-5-9(11)12-14-10/h5,7-8H,3-4,6H2,1-2H3,(H2,11,12). The summed E-state index contributed by atoms with van der Waals surface area (Å²) < 4.78 is 4.11. The van der Waals surface area contributed by atoms with Gasteiger partial charge in [-0.05, 0) is 29.8 Å². The van der Waals surface area contributed by atoms with Crippen LogP contribution in [0.25, 0.3) is 0 Å². The van der Waals surface area contributed by atoms with Crippen molar-refractivity contribution in [3.63, 3.8) is 0 Å². The van der Waals surface area contributed by atoms with Gasteiger partial charge in [0.1, 0.15) is 10.8 Å². The SMILES string of the molecule is CC(C)C1CCN(c2cc(N)ns2)C1. The fourth-order valence-corrected chi connectivity index (χ4v) is 2.67. The normalized spacial score (nSPS) is 22.2. The zero-order chi connectivity index (χ0) is 10.1. The monoisotopic (exact) mass is 211 g/mol. The Morgan fingerprint density at radius 2 is 2.43 bits per heavy atom. The molecule has 2 N–H and O–H groups in total. The molecule has 2 heterocycles. The first-order valence-electron chi connectivity index (χ1n) is 5.14. The van der Waals surface area contributed by atoms with Gasteiger partial charge in [0.05, 0.1) is 0 Å². The third-order valence-corrected chi connectivity index (χ3v) is 3.86. The second-order valence-corrected chi connectivity index (χ2v) is 5.11. The van der Waals surface area contributed by atoms with Crippen molar-refractivity contribution in [2.45, 2.75) is 20.3 Å². The van der Waals surface area contributed by atoms with Crippen LogP contribution in [0.1, 0.15) is 20.3 Å². The first-order valence-corrected chi connectivity index (χ1v) is 5.91. The van der Waals surface area contributed by atoms with Crippen molar-refractivity contribution in [1.29, 1.82) is 0 Å². The summed E-state index contributed by atoms with van der Waals surface area (Å²) in [5.74, 6) is 2.27. The van der Waals surface area contributed by atoms with E-state index >= 15 is 0 Å². The van der Waals surface area contributed by atoms with Gasteiger partial charge in [-0.2, -0.15) is 4.37 Å². The minimum Gasteiger partial charge on any atom is -0.383 e. The van der Waals surface area contributed by atoms with Crippen LogP contribution in [0.5, 0.6) is 0 Å². The Bertz CT molecular complexity index is 308. The molecule has 1 fully saturated rings. The lowest BCUT2D eigenvalue weighted by molar-refractivity contribution is 0.423. The summed E-state index contributed by atoms with van der Waals surface area (Å²) in [5, 5.41) is 1.23. The quantitative estimate of drug-likeness (QED) is 0.815. The third-order valence-electron chi connectivity index (χ3n) is 3.00. The molecule has 2 rings (SSSR count). The molecule has 78 valence electrons. The topological polar surface area (TPSA) is 42.1 Å². The van der Waals surface area contributed by atoms with Crippen molar-refractivity contribution in [3.8, 4) is 0 Å². The van der Waals surface area contributed by atoms with Crippen LogP contribution in [0.4, 0.5) is 10.8 Å². The number of nitrogens with two attached hydrogens (primary N) is 1. The molecule has 0 aliphatic carbocycles. The van der Waals surface area contributed by atoms with E-state index in [1.807, 2.05) is 6.07 Å². The number of hydrogen-bond acceptors (Lipinski definition) is 4. The molecule has 0 bridgehead atoms. The Morgan fingerprint density at radius 1 is 1.64 bits per heavy atom. The molecule has 0 saturated carbocycles. The van der Waals surface area contributed by atoms with Crippen molar-refractivity contribution in [2.75, 3.05) is 23.7 Å². The van der Waals surface area contributed by atoms with E-state index < -0.39 is 0 Å². The van der Waals surface area contributed by atoms with Gasteiger partial charge in [0.15, 0.2) is 0 Å². The van der Waals surface area contributed by atoms with Crippen LogP contribution < -0.4 is 10.6 Å². The maximum Gasteiger partial charge on any atom is 0.139 e. The molecular formula is C10H17N3S. The van der Waals surface area contributed by atoms with Crippen LogP contribution in [-0.4, -0.2) is 17.5 Å². The lowest BCUT2D eigenvalue weighted by Gasteiger charge is -2.17. The highest BCUT2D eigenvalue weighted by Gasteiger charge is 2.25. The Labute approximate surface area is 89.1 Å². The Kier molecular flexibility index (Phi) is 2.63. The van der Waals surface area contributed by atoms with E-state index in [0.29, 0.717) is 5.82 Å². The highest BCUT2D eigenvalue weighted by Crippen LogP contribution is 2.31. The fourth-order valence-electron chi connectivity index (χ4n) is 1.96. The number of nitrogen functional groups attached to an aromatic ring is 1. The molecule has 14 heavy (non-hydrogen) atoms. The lowest BCUT2D eigenvalue weighted by atomic mass is 9.95. The molecule has 0 aromatic carbocycles. The predicted octanol–water partition coefficient (Wildman–Crippen LogP) is 2.21. The Balaban J connectivity index is 2.02. The molecule has 0 radical (unpaired) electrons. The van der Waals surface area contributed by atoms with Crippen LogP contribution in [0, 0.1) is 11.8 Å². The maximum absolute atomic E-state index is 5.61. The lowest BCUT2D eigenvalue weighted by Crippen LogP contribution is -2.20. The molecule has 0 spiro atoms. The molecule has 1 aliphatic rings. The Hall–Kier alpha value is -0.770. The summed E-state index contributed by atoms with van der Waals surface area (Å²) in [5.41, 5.74) is 5.61. The summed E-state index contributed by atoms with van der Waals surface area (Å²) in [4.78, 5) is 2.40. The molecule has 1 aromatic heterocycles. The van der Waals surface area contributed by atoms with Crippen molar-refractivity contribution >= 4 is 22.4 Å². The van der Waals surface area contributed by atoms with Gasteiger partial charge in [-0.25, -0.2) is 0 Å². The average molecular weight is 211 g/mol. The highest BCUT2D eigenvalue weighted by molar-refractivity contribution is 7.10. The molecule has 0 amide bonds. The van der Waals surface area contributed by atoms with Crippen LogP contribution in [0.2, 0.25) is 0 Å². The molecule has 1 saturated heterocycles. The smallest absolute Gasteiger partial charge is 0.139 e. The van der Waals surface area contributed by atoms with Crippen LogP contribution in [0.15, 0.2) is 6.07 Å².